The largest absolute Gasteiger partial charge is 0.351 e. The van der Waals surface area contributed by atoms with E-state index in [2.05, 4.69) is 70.0 Å². The zero-order valence-electron chi connectivity index (χ0n) is 21.1. The van der Waals surface area contributed by atoms with E-state index in [0.29, 0.717) is 11.2 Å². The van der Waals surface area contributed by atoms with Crippen LogP contribution < -0.4 is 10.2 Å². The number of pyridine rings is 1. The second kappa shape index (κ2) is 9.89. The summed E-state index contributed by atoms with van der Waals surface area (Å²) in [4.78, 5) is 19.5. The molecule has 2 aromatic carbocycles. The van der Waals surface area contributed by atoms with Crippen LogP contribution >= 0.6 is 24.0 Å². The van der Waals surface area contributed by atoms with Crippen LogP contribution in [0.15, 0.2) is 88.8 Å². The summed E-state index contributed by atoms with van der Waals surface area (Å²) in [5.74, 6) is 0. The van der Waals surface area contributed by atoms with E-state index in [1.807, 2.05) is 18.3 Å². The molecule has 0 amide bonds. The van der Waals surface area contributed by atoms with Gasteiger partial charge in [0.05, 0.1) is 22.7 Å². The number of hydrogen-bond acceptors (Lipinski definition) is 5. The van der Waals surface area contributed by atoms with Gasteiger partial charge in [-0.1, -0.05) is 17.8 Å². The zero-order valence-corrected chi connectivity index (χ0v) is 22.7. The fraction of sp³-hybridized carbons (Fsp3) is 0.241. The summed E-state index contributed by atoms with van der Waals surface area (Å²) >= 11 is 7.48. The van der Waals surface area contributed by atoms with E-state index in [9.17, 15) is 10.1 Å². The minimum Gasteiger partial charge on any atom is -0.351 e. The molecule has 0 radical (unpaired) electrons. The third-order valence-electron chi connectivity index (χ3n) is 7.25. The summed E-state index contributed by atoms with van der Waals surface area (Å²) in [6, 6.07) is 23.8. The van der Waals surface area contributed by atoms with Crippen molar-refractivity contribution in [1.29, 1.82) is 0 Å². The predicted octanol–water partition coefficient (Wildman–Crippen LogP) is 7.07. The van der Waals surface area contributed by atoms with E-state index in [1.165, 1.54) is 41.9 Å². The first-order chi connectivity index (χ1) is 18.4. The lowest BCUT2D eigenvalue weighted by Crippen LogP contribution is -2.29. The van der Waals surface area contributed by atoms with Crippen LogP contribution in [0.1, 0.15) is 53.6 Å². The third-order valence-corrected chi connectivity index (χ3v) is 8.58. The standard InChI is InChI=1S/C29H27N5O2S2/c1-18-17-25(19(2)32(18)20-6-7-20)28-27(26-5-3-4-16-30-26)31-29(37)33(28)21-8-12-23(13-9-21)38-24-14-10-22(11-15-24)34(35)36/h3-5,8-17,20,27-28H,6-7H2,1-2H3,(H,31,37). The number of rotatable bonds is 7. The van der Waals surface area contributed by atoms with Crippen molar-refractivity contribution in [3.8, 4) is 0 Å². The monoisotopic (exact) mass is 541 g/mol. The maximum absolute atomic E-state index is 11.0. The smallest absolute Gasteiger partial charge is 0.269 e. The molecule has 2 fully saturated rings. The summed E-state index contributed by atoms with van der Waals surface area (Å²) in [6.45, 7) is 4.42. The molecule has 1 saturated carbocycles. The van der Waals surface area contributed by atoms with E-state index < -0.39 is 0 Å². The fourth-order valence-electron chi connectivity index (χ4n) is 5.39. The molecule has 2 aliphatic rings. The Morgan fingerprint density at radius 3 is 2.32 bits per heavy atom. The molecule has 0 bridgehead atoms. The summed E-state index contributed by atoms with van der Waals surface area (Å²) < 4.78 is 2.48. The van der Waals surface area contributed by atoms with Gasteiger partial charge in [0.1, 0.15) is 0 Å². The number of benzene rings is 2. The minimum absolute atomic E-state index is 0.0377. The number of hydrogen-bond donors (Lipinski definition) is 1. The van der Waals surface area contributed by atoms with Crippen molar-refractivity contribution >= 4 is 40.5 Å². The van der Waals surface area contributed by atoms with Crippen molar-refractivity contribution in [3.63, 3.8) is 0 Å². The van der Waals surface area contributed by atoms with Gasteiger partial charge in [0, 0.05) is 51.2 Å². The molecule has 1 saturated heterocycles. The first kappa shape index (κ1) is 24.6. The minimum atomic E-state index is -0.382. The van der Waals surface area contributed by atoms with Gasteiger partial charge in [-0.15, -0.1) is 0 Å². The molecule has 2 unspecified atom stereocenters. The number of nitrogens with zero attached hydrogens (tertiary/aromatic N) is 4. The number of anilines is 1. The summed E-state index contributed by atoms with van der Waals surface area (Å²) in [7, 11) is 0. The number of non-ortho nitro benzene ring substituents is 1. The maximum Gasteiger partial charge on any atom is 0.269 e. The van der Waals surface area contributed by atoms with Crippen molar-refractivity contribution in [2.45, 2.75) is 54.6 Å². The summed E-state index contributed by atoms with van der Waals surface area (Å²) in [5, 5.41) is 15.2. The van der Waals surface area contributed by atoms with Gasteiger partial charge in [-0.2, -0.15) is 0 Å². The van der Waals surface area contributed by atoms with E-state index in [4.69, 9.17) is 12.2 Å². The lowest BCUT2D eigenvalue weighted by Gasteiger charge is -2.28. The number of aromatic nitrogens is 2. The second-order valence-corrected chi connectivity index (χ2v) is 11.3. The van der Waals surface area contributed by atoms with Gasteiger partial charge in [-0.05, 0) is 99.1 Å². The molecule has 3 heterocycles. The van der Waals surface area contributed by atoms with Crippen LogP contribution in [0.5, 0.6) is 0 Å². The molecule has 9 heteroatoms. The zero-order chi connectivity index (χ0) is 26.4. The third kappa shape index (κ3) is 4.56. The Morgan fingerprint density at radius 1 is 1.03 bits per heavy atom. The Bertz CT molecular complexity index is 1500. The van der Waals surface area contributed by atoms with Crippen LogP contribution in [0, 0.1) is 24.0 Å². The van der Waals surface area contributed by atoms with Crippen molar-refractivity contribution in [2.24, 2.45) is 0 Å². The first-order valence-electron chi connectivity index (χ1n) is 12.6. The van der Waals surface area contributed by atoms with Crippen LogP contribution in [0.3, 0.4) is 0 Å². The SMILES string of the molecule is Cc1cc(C2C(c3ccccn3)NC(=S)N2c2ccc(Sc3ccc([N+](=O)[O-])cc3)cc2)c(C)n1C1CC1. The van der Waals surface area contributed by atoms with Crippen LogP contribution in [0.2, 0.25) is 0 Å². The van der Waals surface area contributed by atoms with Gasteiger partial charge < -0.3 is 14.8 Å². The van der Waals surface area contributed by atoms with Gasteiger partial charge >= 0.3 is 0 Å². The van der Waals surface area contributed by atoms with Crippen molar-refractivity contribution in [3.05, 3.63) is 112 Å². The lowest BCUT2D eigenvalue weighted by molar-refractivity contribution is -0.384. The van der Waals surface area contributed by atoms with Gasteiger partial charge in [-0.3, -0.25) is 15.1 Å². The van der Waals surface area contributed by atoms with Crippen LogP contribution in [-0.4, -0.2) is 19.6 Å². The Hall–Kier alpha value is -3.69. The molecule has 2 aromatic heterocycles. The quantitative estimate of drug-likeness (QED) is 0.152. The van der Waals surface area contributed by atoms with Gasteiger partial charge in [0.2, 0.25) is 0 Å². The summed E-state index contributed by atoms with van der Waals surface area (Å²) in [5.41, 5.74) is 5.90. The normalized spacial score (nSPS) is 19.0. The molecule has 1 aliphatic heterocycles. The Morgan fingerprint density at radius 2 is 1.71 bits per heavy atom. The van der Waals surface area contributed by atoms with Crippen LogP contribution in [-0.2, 0) is 0 Å². The lowest BCUT2D eigenvalue weighted by atomic mass is 9.96. The summed E-state index contributed by atoms with van der Waals surface area (Å²) in [6.07, 6.45) is 4.30. The second-order valence-electron chi connectivity index (χ2n) is 9.77. The average molecular weight is 542 g/mol. The number of nitro groups is 1. The average Bonchev–Trinajstić information content (AvgIpc) is 3.63. The molecule has 1 aliphatic carbocycles. The highest BCUT2D eigenvalue weighted by atomic mass is 32.2. The Labute approximate surface area is 231 Å². The molecule has 1 N–H and O–H groups in total. The molecule has 4 aromatic rings. The maximum atomic E-state index is 11.0. The van der Waals surface area contributed by atoms with Crippen molar-refractivity contribution in [1.82, 2.24) is 14.9 Å². The highest BCUT2D eigenvalue weighted by Crippen LogP contribution is 2.46. The fourth-order valence-corrected chi connectivity index (χ4v) is 6.55. The highest BCUT2D eigenvalue weighted by molar-refractivity contribution is 7.99. The Balaban J connectivity index is 1.34. The molecule has 7 nitrogen and oxygen atoms in total. The van der Waals surface area contributed by atoms with Gasteiger partial charge in [-0.25, -0.2) is 0 Å². The highest BCUT2D eigenvalue weighted by Gasteiger charge is 2.43. The van der Waals surface area contributed by atoms with E-state index in [0.717, 1.165) is 21.2 Å². The molecule has 38 heavy (non-hydrogen) atoms. The van der Waals surface area contributed by atoms with Crippen LogP contribution in [0.25, 0.3) is 0 Å². The molecule has 6 rings (SSSR count). The van der Waals surface area contributed by atoms with Crippen LogP contribution in [0.4, 0.5) is 11.4 Å². The molecular weight excluding hydrogens is 514 g/mol. The van der Waals surface area contributed by atoms with E-state index in [-0.39, 0.29) is 22.7 Å². The van der Waals surface area contributed by atoms with E-state index >= 15 is 0 Å². The topological polar surface area (TPSA) is 76.2 Å². The molecule has 192 valence electrons. The van der Waals surface area contributed by atoms with E-state index in [1.54, 1.807) is 23.9 Å². The number of thiocarbonyl (C=S) groups is 1. The van der Waals surface area contributed by atoms with Crippen molar-refractivity contribution in [2.75, 3.05) is 4.90 Å². The first-order valence-corrected chi connectivity index (χ1v) is 13.8. The number of nitrogens with one attached hydrogen (secondary N) is 1. The van der Waals surface area contributed by atoms with Gasteiger partial charge in [0.25, 0.3) is 5.69 Å². The molecule has 2 atom stereocenters. The van der Waals surface area contributed by atoms with Crippen molar-refractivity contribution < 1.29 is 4.92 Å². The number of nitro benzene ring substituents is 1. The van der Waals surface area contributed by atoms with Gasteiger partial charge in [0.15, 0.2) is 5.11 Å². The Kier molecular flexibility index (Phi) is 6.41. The predicted molar refractivity (Wildman–Crippen MR) is 154 cm³/mol. The molecular formula is C29H27N5O2S2. The molecule has 0 spiro atoms. The number of aryl methyl sites for hydroxylation is 1.